The molecule has 0 spiro atoms. The molecule has 2 aromatic rings. The lowest BCUT2D eigenvalue weighted by Crippen LogP contribution is -2.31. The Morgan fingerprint density at radius 3 is 3.36 bits per heavy atom. The summed E-state index contributed by atoms with van der Waals surface area (Å²) in [4.78, 5) is 8.60. The summed E-state index contributed by atoms with van der Waals surface area (Å²) in [6.45, 7) is 0.885. The first kappa shape index (κ1) is 7.94. The molecular formula is C10H12N4. The molecule has 0 amide bonds. The summed E-state index contributed by atoms with van der Waals surface area (Å²) in [7, 11) is 0. The number of nitrogens with zero attached hydrogens (tertiary/aromatic N) is 3. The van der Waals surface area contributed by atoms with Gasteiger partial charge in [0, 0.05) is 25.2 Å². The van der Waals surface area contributed by atoms with Crippen molar-refractivity contribution in [2.75, 3.05) is 0 Å². The van der Waals surface area contributed by atoms with Gasteiger partial charge in [-0.3, -0.25) is 4.98 Å². The van der Waals surface area contributed by atoms with Crippen LogP contribution in [0.5, 0.6) is 0 Å². The minimum absolute atomic E-state index is 0.271. The van der Waals surface area contributed by atoms with Crippen LogP contribution < -0.4 is 5.73 Å². The van der Waals surface area contributed by atoms with Gasteiger partial charge in [-0.1, -0.05) is 0 Å². The van der Waals surface area contributed by atoms with E-state index < -0.39 is 0 Å². The summed E-state index contributed by atoms with van der Waals surface area (Å²) in [5.74, 6) is 1.15. The lowest BCUT2D eigenvalue weighted by Gasteiger charge is -2.20. The summed E-state index contributed by atoms with van der Waals surface area (Å²) >= 11 is 0. The summed E-state index contributed by atoms with van der Waals surface area (Å²) in [6.07, 6.45) is 5.64. The minimum atomic E-state index is 0.271. The molecule has 4 heteroatoms. The van der Waals surface area contributed by atoms with Crippen LogP contribution >= 0.6 is 0 Å². The van der Waals surface area contributed by atoms with Gasteiger partial charge >= 0.3 is 0 Å². The van der Waals surface area contributed by atoms with Crippen LogP contribution in [0.1, 0.15) is 12.2 Å². The second kappa shape index (κ2) is 2.78. The maximum absolute atomic E-state index is 5.94. The fourth-order valence-electron chi connectivity index (χ4n) is 2.07. The Morgan fingerprint density at radius 1 is 1.50 bits per heavy atom. The Labute approximate surface area is 81.8 Å². The Kier molecular flexibility index (Phi) is 1.58. The van der Waals surface area contributed by atoms with E-state index in [1.165, 1.54) is 0 Å². The number of hydrogen-bond acceptors (Lipinski definition) is 3. The fourth-order valence-corrected chi connectivity index (χ4v) is 2.07. The van der Waals surface area contributed by atoms with Crippen molar-refractivity contribution >= 4 is 11.0 Å². The van der Waals surface area contributed by atoms with Crippen molar-refractivity contribution in [3.63, 3.8) is 0 Å². The van der Waals surface area contributed by atoms with Crippen molar-refractivity contribution in [1.29, 1.82) is 0 Å². The van der Waals surface area contributed by atoms with Crippen molar-refractivity contribution in [3.8, 4) is 0 Å². The smallest absolute Gasteiger partial charge is 0.110 e. The summed E-state index contributed by atoms with van der Waals surface area (Å²) in [6, 6.07) is 2.28. The van der Waals surface area contributed by atoms with Gasteiger partial charge in [0.15, 0.2) is 0 Å². The van der Waals surface area contributed by atoms with Crippen LogP contribution in [0, 0.1) is 0 Å². The molecule has 3 rings (SSSR count). The highest BCUT2D eigenvalue weighted by molar-refractivity contribution is 5.74. The van der Waals surface area contributed by atoms with E-state index in [9.17, 15) is 0 Å². The lowest BCUT2D eigenvalue weighted by molar-refractivity contribution is 0.461. The first-order chi connectivity index (χ1) is 6.84. The maximum Gasteiger partial charge on any atom is 0.110 e. The molecule has 0 unspecified atom stereocenters. The van der Waals surface area contributed by atoms with Crippen LogP contribution in [0.3, 0.4) is 0 Å². The molecule has 0 radical (unpaired) electrons. The van der Waals surface area contributed by atoms with Crippen LogP contribution in [0.2, 0.25) is 0 Å². The van der Waals surface area contributed by atoms with Crippen LogP contribution in [-0.4, -0.2) is 20.6 Å². The third-order valence-corrected chi connectivity index (χ3v) is 2.79. The van der Waals surface area contributed by atoms with Crippen molar-refractivity contribution in [3.05, 3.63) is 24.3 Å². The van der Waals surface area contributed by atoms with E-state index in [2.05, 4.69) is 14.5 Å². The molecule has 2 N–H and O–H groups in total. The zero-order valence-electron chi connectivity index (χ0n) is 7.85. The van der Waals surface area contributed by atoms with E-state index >= 15 is 0 Å². The largest absolute Gasteiger partial charge is 0.326 e. The van der Waals surface area contributed by atoms with E-state index in [4.69, 9.17) is 5.73 Å². The van der Waals surface area contributed by atoms with Crippen LogP contribution in [0.15, 0.2) is 18.5 Å². The first-order valence-corrected chi connectivity index (χ1v) is 4.89. The van der Waals surface area contributed by atoms with Crippen molar-refractivity contribution in [2.45, 2.75) is 25.4 Å². The molecule has 0 fully saturated rings. The SMILES string of the molecule is N[C@@H]1CCc2nc3cnccc3n2C1. The lowest BCUT2D eigenvalue weighted by atomic mass is 10.1. The van der Waals surface area contributed by atoms with Gasteiger partial charge in [0.25, 0.3) is 0 Å². The normalized spacial score (nSPS) is 21.1. The molecule has 14 heavy (non-hydrogen) atoms. The fraction of sp³-hybridized carbons (Fsp3) is 0.400. The van der Waals surface area contributed by atoms with Gasteiger partial charge in [-0.25, -0.2) is 4.98 Å². The number of hydrogen-bond donors (Lipinski definition) is 1. The summed E-state index contributed by atoms with van der Waals surface area (Å²) in [5, 5.41) is 0. The predicted octanol–water partition coefficient (Wildman–Crippen LogP) is 0.705. The van der Waals surface area contributed by atoms with Gasteiger partial charge in [-0.2, -0.15) is 0 Å². The van der Waals surface area contributed by atoms with Crippen LogP contribution in [-0.2, 0) is 13.0 Å². The van der Waals surface area contributed by atoms with E-state index in [-0.39, 0.29) is 6.04 Å². The molecule has 0 aliphatic carbocycles. The van der Waals surface area contributed by atoms with Crippen molar-refractivity contribution in [2.24, 2.45) is 5.73 Å². The summed E-state index contributed by atoms with van der Waals surface area (Å²) < 4.78 is 2.21. The maximum atomic E-state index is 5.94. The monoisotopic (exact) mass is 188 g/mol. The Bertz CT molecular complexity index is 474. The zero-order valence-corrected chi connectivity index (χ0v) is 7.85. The minimum Gasteiger partial charge on any atom is -0.326 e. The Morgan fingerprint density at radius 2 is 2.43 bits per heavy atom. The third-order valence-electron chi connectivity index (χ3n) is 2.79. The number of rotatable bonds is 0. The highest BCUT2D eigenvalue weighted by Crippen LogP contribution is 2.20. The standard InChI is InChI=1S/C10H12N4/c11-7-1-2-10-13-8-5-12-4-3-9(8)14(10)6-7/h3-5,7H,1-2,6,11H2/t7-/m1/s1. The Balaban J connectivity index is 2.25. The number of imidazole rings is 1. The van der Waals surface area contributed by atoms with E-state index in [0.717, 1.165) is 36.2 Å². The molecule has 3 heterocycles. The van der Waals surface area contributed by atoms with Crippen LogP contribution in [0.25, 0.3) is 11.0 Å². The highest BCUT2D eigenvalue weighted by atomic mass is 15.1. The van der Waals surface area contributed by atoms with E-state index in [1.54, 1.807) is 6.20 Å². The van der Waals surface area contributed by atoms with E-state index in [1.807, 2.05) is 12.3 Å². The molecule has 1 atom stereocenters. The first-order valence-electron chi connectivity index (χ1n) is 4.89. The molecule has 0 saturated heterocycles. The van der Waals surface area contributed by atoms with Gasteiger partial charge in [0.1, 0.15) is 11.3 Å². The molecule has 2 aromatic heterocycles. The number of aryl methyl sites for hydroxylation is 1. The van der Waals surface area contributed by atoms with Crippen LogP contribution in [0.4, 0.5) is 0 Å². The number of fused-ring (bicyclic) bond motifs is 3. The number of pyridine rings is 1. The van der Waals surface area contributed by atoms with Gasteiger partial charge in [0.2, 0.25) is 0 Å². The second-order valence-electron chi connectivity index (χ2n) is 3.80. The number of nitrogens with two attached hydrogens (primary N) is 1. The quantitative estimate of drug-likeness (QED) is 0.662. The molecular weight excluding hydrogens is 176 g/mol. The molecule has 0 bridgehead atoms. The number of aromatic nitrogens is 3. The molecule has 1 aliphatic rings. The molecule has 1 aliphatic heterocycles. The topological polar surface area (TPSA) is 56.7 Å². The van der Waals surface area contributed by atoms with Crippen molar-refractivity contribution < 1.29 is 0 Å². The molecule has 0 aromatic carbocycles. The van der Waals surface area contributed by atoms with Gasteiger partial charge < -0.3 is 10.3 Å². The molecule has 4 nitrogen and oxygen atoms in total. The van der Waals surface area contributed by atoms with Gasteiger partial charge in [-0.05, 0) is 12.5 Å². The van der Waals surface area contributed by atoms with Gasteiger partial charge in [0.05, 0.1) is 11.7 Å². The van der Waals surface area contributed by atoms with E-state index in [0.29, 0.717) is 0 Å². The average Bonchev–Trinajstić information content (AvgIpc) is 2.56. The highest BCUT2D eigenvalue weighted by Gasteiger charge is 2.18. The second-order valence-corrected chi connectivity index (χ2v) is 3.80. The third kappa shape index (κ3) is 1.04. The predicted molar refractivity (Wildman–Crippen MR) is 53.8 cm³/mol. The molecule has 0 saturated carbocycles. The zero-order chi connectivity index (χ0) is 9.54. The molecule has 72 valence electrons. The Hall–Kier alpha value is -1.42. The van der Waals surface area contributed by atoms with Gasteiger partial charge in [-0.15, -0.1) is 0 Å². The average molecular weight is 188 g/mol. The van der Waals surface area contributed by atoms with Crippen molar-refractivity contribution in [1.82, 2.24) is 14.5 Å². The summed E-state index contributed by atoms with van der Waals surface area (Å²) in [5.41, 5.74) is 8.08.